The van der Waals surface area contributed by atoms with Gasteiger partial charge in [-0.25, -0.2) is 4.21 Å². The fourth-order valence-corrected chi connectivity index (χ4v) is 3.25. The second kappa shape index (κ2) is 3.01. The molecule has 0 radical (unpaired) electrons. The molecule has 0 saturated carbocycles. The maximum Gasteiger partial charge on any atom is 0.0931 e. The number of aliphatic hydroxyl groups is 2. The van der Waals surface area contributed by atoms with Gasteiger partial charge in [-0.1, -0.05) is 10.8 Å². The predicted molar refractivity (Wildman–Crippen MR) is 37.5 cm³/mol. The molecule has 1 fully saturated rings. The Kier molecular flexibility index (Phi) is 2.51. The second-order valence-corrected chi connectivity index (χ2v) is 5.22. The van der Waals surface area contributed by atoms with E-state index >= 15 is 0 Å². The maximum atomic E-state index is 10.6. The Hall–Kier alpha value is 0.420. The molecular formula is C4H8O3S2. The maximum absolute atomic E-state index is 10.6. The summed E-state index contributed by atoms with van der Waals surface area (Å²) in [4.78, 5) is 0. The van der Waals surface area contributed by atoms with Crippen molar-refractivity contribution >= 4 is 20.6 Å². The zero-order valence-electron chi connectivity index (χ0n) is 4.69. The Labute approximate surface area is 59.3 Å². The molecule has 0 aromatic carbocycles. The zero-order valence-corrected chi connectivity index (χ0v) is 6.32. The van der Waals surface area contributed by atoms with E-state index in [4.69, 9.17) is 10.2 Å². The van der Waals surface area contributed by atoms with Gasteiger partial charge in [0.25, 0.3) is 0 Å². The highest BCUT2D eigenvalue weighted by molar-refractivity contribution is 8.69. The first kappa shape index (κ1) is 7.53. The molecule has 1 heterocycles. The second-order valence-electron chi connectivity index (χ2n) is 1.89. The van der Waals surface area contributed by atoms with Crippen LogP contribution in [0.2, 0.25) is 0 Å². The lowest BCUT2D eigenvalue weighted by Gasteiger charge is -2.21. The largest absolute Gasteiger partial charge is 0.389 e. The highest BCUT2D eigenvalue weighted by atomic mass is 33.1. The van der Waals surface area contributed by atoms with E-state index < -0.39 is 22.0 Å². The van der Waals surface area contributed by atoms with Crippen LogP contribution in [-0.2, 0) is 9.83 Å². The topological polar surface area (TPSA) is 57.5 Å². The third-order valence-corrected chi connectivity index (χ3v) is 4.08. The van der Waals surface area contributed by atoms with Gasteiger partial charge >= 0.3 is 0 Å². The van der Waals surface area contributed by atoms with Crippen LogP contribution in [0.4, 0.5) is 0 Å². The van der Waals surface area contributed by atoms with Crippen LogP contribution in [0.15, 0.2) is 0 Å². The SMILES string of the molecule is O=S1C[C@@H](O)[C@@H](O)CS1. The van der Waals surface area contributed by atoms with E-state index in [0.29, 0.717) is 5.75 Å². The molecule has 3 atom stereocenters. The van der Waals surface area contributed by atoms with Crippen LogP contribution in [0.1, 0.15) is 0 Å². The summed E-state index contributed by atoms with van der Waals surface area (Å²) in [6, 6.07) is 0. The van der Waals surface area contributed by atoms with E-state index in [1.54, 1.807) is 0 Å². The van der Waals surface area contributed by atoms with Gasteiger partial charge in [0.1, 0.15) is 0 Å². The van der Waals surface area contributed by atoms with Gasteiger partial charge in [0.15, 0.2) is 0 Å². The van der Waals surface area contributed by atoms with Crippen LogP contribution >= 0.6 is 10.8 Å². The smallest absolute Gasteiger partial charge is 0.0931 e. The van der Waals surface area contributed by atoms with Crippen LogP contribution in [0.5, 0.6) is 0 Å². The van der Waals surface area contributed by atoms with Gasteiger partial charge in [0, 0.05) is 5.75 Å². The molecule has 0 aromatic rings. The van der Waals surface area contributed by atoms with Crippen molar-refractivity contribution in [2.24, 2.45) is 0 Å². The lowest BCUT2D eigenvalue weighted by atomic mass is 10.3. The van der Waals surface area contributed by atoms with Crippen LogP contribution in [-0.4, -0.2) is 38.1 Å². The summed E-state index contributed by atoms with van der Waals surface area (Å²) in [6.07, 6.45) is -1.47. The summed E-state index contributed by atoms with van der Waals surface area (Å²) in [5.41, 5.74) is 0. The normalized spacial score (nSPS) is 44.9. The average molecular weight is 168 g/mol. The van der Waals surface area contributed by atoms with Gasteiger partial charge in [0.05, 0.1) is 27.8 Å². The third kappa shape index (κ3) is 1.93. The van der Waals surface area contributed by atoms with E-state index in [9.17, 15) is 4.21 Å². The molecule has 54 valence electrons. The summed E-state index contributed by atoms with van der Waals surface area (Å²) < 4.78 is 10.6. The summed E-state index contributed by atoms with van der Waals surface area (Å²) >= 11 is 0. The van der Waals surface area contributed by atoms with Crippen molar-refractivity contribution in [3.63, 3.8) is 0 Å². The molecule has 1 unspecified atom stereocenters. The highest BCUT2D eigenvalue weighted by Crippen LogP contribution is 2.18. The Morgan fingerprint density at radius 3 is 2.56 bits per heavy atom. The van der Waals surface area contributed by atoms with Gasteiger partial charge in [-0.3, -0.25) is 0 Å². The summed E-state index contributed by atoms with van der Waals surface area (Å²) in [5.74, 6) is 0.583. The third-order valence-electron chi connectivity index (χ3n) is 1.12. The van der Waals surface area contributed by atoms with Crippen molar-refractivity contribution in [2.75, 3.05) is 11.5 Å². The average Bonchev–Trinajstić information content (AvgIpc) is 1.80. The Bertz CT molecular complexity index is 127. The van der Waals surface area contributed by atoms with Crippen LogP contribution in [0.25, 0.3) is 0 Å². The molecule has 0 aliphatic carbocycles. The van der Waals surface area contributed by atoms with Crippen molar-refractivity contribution in [2.45, 2.75) is 12.2 Å². The van der Waals surface area contributed by atoms with E-state index in [0.717, 1.165) is 0 Å². The first-order chi connectivity index (χ1) is 4.20. The fourth-order valence-electron chi connectivity index (χ4n) is 0.555. The summed E-state index contributed by atoms with van der Waals surface area (Å²) in [6.45, 7) is 0. The Morgan fingerprint density at radius 2 is 2.11 bits per heavy atom. The van der Waals surface area contributed by atoms with Gasteiger partial charge in [-0.15, -0.1) is 0 Å². The molecular weight excluding hydrogens is 160 g/mol. The number of aliphatic hydroxyl groups excluding tert-OH is 2. The molecule has 0 bridgehead atoms. The van der Waals surface area contributed by atoms with Crippen molar-refractivity contribution in [1.29, 1.82) is 0 Å². The van der Waals surface area contributed by atoms with Gasteiger partial charge in [-0.05, 0) is 0 Å². The molecule has 1 rings (SSSR count). The fraction of sp³-hybridized carbons (Fsp3) is 1.00. The van der Waals surface area contributed by atoms with Crippen LogP contribution < -0.4 is 0 Å². The molecule has 1 aliphatic heterocycles. The van der Waals surface area contributed by atoms with Gasteiger partial charge in [-0.2, -0.15) is 0 Å². The molecule has 1 saturated heterocycles. The number of rotatable bonds is 0. The van der Waals surface area contributed by atoms with Crippen molar-refractivity contribution in [3.05, 3.63) is 0 Å². The monoisotopic (exact) mass is 168 g/mol. The standard InChI is InChI=1S/C4H8O3S2/c5-3-1-8-9(7)2-4(3)6/h3-6H,1-2H2/t3-,4+,9?/m0/s1. The summed E-state index contributed by atoms with van der Waals surface area (Å²) in [5, 5.41) is 17.8. The van der Waals surface area contributed by atoms with E-state index in [1.165, 1.54) is 10.8 Å². The first-order valence-electron chi connectivity index (χ1n) is 2.58. The highest BCUT2D eigenvalue weighted by Gasteiger charge is 2.25. The van der Waals surface area contributed by atoms with Crippen molar-refractivity contribution in [1.82, 2.24) is 0 Å². The van der Waals surface area contributed by atoms with Gasteiger partial charge < -0.3 is 10.2 Å². The Morgan fingerprint density at radius 1 is 1.44 bits per heavy atom. The minimum Gasteiger partial charge on any atom is -0.389 e. The van der Waals surface area contributed by atoms with E-state index in [1.807, 2.05) is 0 Å². The molecule has 1 aliphatic rings. The first-order valence-corrected chi connectivity index (χ1v) is 5.40. The van der Waals surface area contributed by atoms with Crippen molar-refractivity contribution in [3.8, 4) is 0 Å². The molecule has 9 heavy (non-hydrogen) atoms. The van der Waals surface area contributed by atoms with Crippen LogP contribution in [0.3, 0.4) is 0 Å². The minimum atomic E-state index is -0.984. The zero-order chi connectivity index (χ0) is 6.85. The molecule has 5 heteroatoms. The minimum absolute atomic E-state index is 0.200. The van der Waals surface area contributed by atoms with Crippen LogP contribution in [0, 0.1) is 0 Å². The van der Waals surface area contributed by atoms with Crippen molar-refractivity contribution < 1.29 is 14.4 Å². The summed E-state index contributed by atoms with van der Waals surface area (Å²) in [7, 11) is 0.208. The number of hydrogen-bond acceptors (Lipinski definition) is 4. The molecule has 2 N–H and O–H groups in total. The predicted octanol–water partition coefficient (Wildman–Crippen LogP) is -0.881. The molecule has 0 aromatic heterocycles. The quantitative estimate of drug-likeness (QED) is 0.461. The molecule has 0 amide bonds. The van der Waals surface area contributed by atoms with E-state index in [2.05, 4.69) is 0 Å². The van der Waals surface area contributed by atoms with Gasteiger partial charge in [0.2, 0.25) is 0 Å². The van der Waals surface area contributed by atoms with E-state index in [-0.39, 0.29) is 5.75 Å². The molecule has 3 nitrogen and oxygen atoms in total. The molecule has 0 spiro atoms. The number of hydrogen-bond donors (Lipinski definition) is 2. The lowest BCUT2D eigenvalue weighted by molar-refractivity contribution is 0.0487. The Balaban J connectivity index is 2.44. The lowest BCUT2D eigenvalue weighted by Crippen LogP contribution is -2.36.